The molecule has 3 aliphatic rings. The van der Waals surface area contributed by atoms with E-state index in [9.17, 15) is 4.79 Å². The molecule has 1 aromatic rings. The highest BCUT2D eigenvalue weighted by Gasteiger charge is 2.37. The second-order valence-corrected chi connectivity index (χ2v) is 6.02. The second-order valence-electron chi connectivity index (χ2n) is 6.02. The molecule has 4 rings (SSSR count). The Hall–Kier alpha value is -1.36. The van der Waals surface area contributed by atoms with E-state index in [-0.39, 0.29) is 5.56 Å². The van der Waals surface area contributed by atoms with Gasteiger partial charge >= 0.3 is 0 Å². The summed E-state index contributed by atoms with van der Waals surface area (Å²) in [4.78, 5) is 19.2. The van der Waals surface area contributed by atoms with Gasteiger partial charge in [0.15, 0.2) is 5.82 Å². The van der Waals surface area contributed by atoms with Crippen LogP contribution in [0.25, 0.3) is 0 Å². The highest BCUT2D eigenvalue weighted by atomic mass is 16.1. The Balaban J connectivity index is 1.71. The SMILES string of the molecule is O=c1c(N2CCCC3CNCC32)nccn1C1CC1. The molecule has 1 aliphatic carbocycles. The normalized spacial score (nSPS) is 30.4. The molecule has 5 nitrogen and oxygen atoms in total. The van der Waals surface area contributed by atoms with Crippen molar-refractivity contribution in [2.24, 2.45) is 5.92 Å². The minimum atomic E-state index is 0.109. The van der Waals surface area contributed by atoms with Crippen molar-refractivity contribution >= 4 is 5.82 Å². The van der Waals surface area contributed by atoms with Crippen LogP contribution in [-0.4, -0.2) is 35.2 Å². The van der Waals surface area contributed by atoms with E-state index >= 15 is 0 Å². The summed E-state index contributed by atoms with van der Waals surface area (Å²) in [5, 5.41) is 3.45. The first kappa shape index (κ1) is 11.5. The summed E-state index contributed by atoms with van der Waals surface area (Å²) >= 11 is 0. The molecule has 0 spiro atoms. The summed E-state index contributed by atoms with van der Waals surface area (Å²) in [7, 11) is 0. The number of fused-ring (bicyclic) bond motifs is 1. The quantitative estimate of drug-likeness (QED) is 0.853. The predicted octanol–water partition coefficient (Wildman–Crippen LogP) is 0.766. The standard InChI is InChI=1S/C14H20N4O/c19-14-13(16-5-7-17(14)11-3-4-11)18-6-1-2-10-8-15-9-12(10)18/h5,7,10-12,15H,1-4,6,8-9H2. The van der Waals surface area contributed by atoms with Crippen molar-refractivity contribution in [3.8, 4) is 0 Å². The Morgan fingerprint density at radius 3 is 3.00 bits per heavy atom. The molecule has 102 valence electrons. The van der Waals surface area contributed by atoms with Crippen molar-refractivity contribution in [1.82, 2.24) is 14.9 Å². The molecule has 2 aliphatic heterocycles. The number of aromatic nitrogens is 2. The number of hydrogen-bond donors (Lipinski definition) is 1. The van der Waals surface area contributed by atoms with Gasteiger partial charge < -0.3 is 14.8 Å². The van der Waals surface area contributed by atoms with Crippen molar-refractivity contribution in [2.45, 2.75) is 37.8 Å². The van der Waals surface area contributed by atoms with Crippen LogP contribution >= 0.6 is 0 Å². The van der Waals surface area contributed by atoms with Crippen LogP contribution in [0, 0.1) is 5.92 Å². The molecule has 5 heteroatoms. The average molecular weight is 260 g/mol. The zero-order valence-corrected chi connectivity index (χ0v) is 11.1. The lowest BCUT2D eigenvalue weighted by Gasteiger charge is -2.37. The number of nitrogens with one attached hydrogen (secondary N) is 1. The van der Waals surface area contributed by atoms with Crippen molar-refractivity contribution in [2.75, 3.05) is 24.5 Å². The van der Waals surface area contributed by atoms with Gasteiger partial charge in [-0.05, 0) is 31.6 Å². The largest absolute Gasteiger partial charge is 0.347 e. The first-order valence-electron chi connectivity index (χ1n) is 7.39. The van der Waals surface area contributed by atoms with Gasteiger partial charge in [0.2, 0.25) is 0 Å². The summed E-state index contributed by atoms with van der Waals surface area (Å²) in [6.45, 7) is 3.05. The van der Waals surface area contributed by atoms with Crippen LogP contribution in [-0.2, 0) is 0 Å². The molecular weight excluding hydrogens is 240 g/mol. The molecule has 3 heterocycles. The van der Waals surface area contributed by atoms with Crippen LogP contribution in [0.2, 0.25) is 0 Å². The Morgan fingerprint density at radius 2 is 2.16 bits per heavy atom. The van der Waals surface area contributed by atoms with Crippen LogP contribution in [0.15, 0.2) is 17.2 Å². The zero-order valence-electron chi connectivity index (χ0n) is 11.1. The molecule has 2 atom stereocenters. The van der Waals surface area contributed by atoms with Crippen molar-refractivity contribution in [3.05, 3.63) is 22.7 Å². The molecule has 1 saturated carbocycles. The molecule has 0 bridgehead atoms. The number of piperidine rings is 1. The van der Waals surface area contributed by atoms with Crippen LogP contribution in [0.5, 0.6) is 0 Å². The highest BCUT2D eigenvalue weighted by molar-refractivity contribution is 5.39. The Labute approximate surface area is 112 Å². The zero-order chi connectivity index (χ0) is 12.8. The second kappa shape index (κ2) is 4.34. The third-order valence-electron chi connectivity index (χ3n) is 4.74. The van der Waals surface area contributed by atoms with Gasteiger partial charge in [-0.15, -0.1) is 0 Å². The average Bonchev–Trinajstić information content (AvgIpc) is 3.15. The third-order valence-corrected chi connectivity index (χ3v) is 4.74. The maximum absolute atomic E-state index is 12.6. The van der Waals surface area contributed by atoms with E-state index in [0.717, 1.165) is 32.5 Å². The third kappa shape index (κ3) is 1.87. The van der Waals surface area contributed by atoms with E-state index in [1.54, 1.807) is 6.20 Å². The summed E-state index contributed by atoms with van der Waals surface area (Å²) in [6, 6.07) is 0.889. The van der Waals surface area contributed by atoms with Gasteiger partial charge in [0, 0.05) is 44.1 Å². The molecule has 0 amide bonds. The topological polar surface area (TPSA) is 50.2 Å². The molecular formula is C14H20N4O. The van der Waals surface area contributed by atoms with E-state index in [0.29, 0.717) is 23.8 Å². The molecule has 2 saturated heterocycles. The lowest BCUT2D eigenvalue weighted by atomic mass is 9.92. The van der Waals surface area contributed by atoms with E-state index in [2.05, 4.69) is 15.2 Å². The Morgan fingerprint density at radius 1 is 1.26 bits per heavy atom. The van der Waals surface area contributed by atoms with Crippen LogP contribution in [0.1, 0.15) is 31.7 Å². The first-order valence-corrected chi connectivity index (χ1v) is 7.39. The summed E-state index contributed by atoms with van der Waals surface area (Å²) in [5.41, 5.74) is 0.109. The molecule has 3 fully saturated rings. The molecule has 0 radical (unpaired) electrons. The summed E-state index contributed by atoms with van der Waals surface area (Å²) in [5.74, 6) is 1.36. The summed E-state index contributed by atoms with van der Waals surface area (Å²) < 4.78 is 1.88. The predicted molar refractivity (Wildman–Crippen MR) is 73.5 cm³/mol. The van der Waals surface area contributed by atoms with Gasteiger partial charge in [-0.2, -0.15) is 0 Å². The molecule has 2 unspecified atom stereocenters. The monoisotopic (exact) mass is 260 g/mol. The molecule has 1 aromatic heterocycles. The first-order chi connectivity index (χ1) is 9.34. The number of rotatable bonds is 2. The van der Waals surface area contributed by atoms with Crippen molar-refractivity contribution < 1.29 is 0 Å². The fourth-order valence-corrected chi connectivity index (χ4v) is 3.58. The lowest BCUT2D eigenvalue weighted by molar-refractivity contribution is 0.381. The van der Waals surface area contributed by atoms with Gasteiger partial charge in [-0.25, -0.2) is 4.98 Å². The minimum absolute atomic E-state index is 0.109. The Kier molecular flexibility index (Phi) is 2.62. The van der Waals surface area contributed by atoms with E-state index in [4.69, 9.17) is 0 Å². The molecule has 1 N–H and O–H groups in total. The van der Waals surface area contributed by atoms with Crippen LogP contribution in [0.4, 0.5) is 5.82 Å². The van der Waals surface area contributed by atoms with Crippen molar-refractivity contribution in [3.63, 3.8) is 0 Å². The molecule has 0 aromatic carbocycles. The van der Waals surface area contributed by atoms with Gasteiger partial charge in [0.05, 0.1) is 0 Å². The fraction of sp³-hybridized carbons (Fsp3) is 0.714. The number of anilines is 1. The highest BCUT2D eigenvalue weighted by Crippen LogP contribution is 2.34. The minimum Gasteiger partial charge on any atom is -0.347 e. The molecule has 19 heavy (non-hydrogen) atoms. The fourth-order valence-electron chi connectivity index (χ4n) is 3.58. The number of nitrogens with zero attached hydrogens (tertiary/aromatic N) is 3. The van der Waals surface area contributed by atoms with E-state index < -0.39 is 0 Å². The number of hydrogen-bond acceptors (Lipinski definition) is 4. The van der Waals surface area contributed by atoms with Crippen molar-refractivity contribution in [1.29, 1.82) is 0 Å². The van der Waals surface area contributed by atoms with E-state index in [1.165, 1.54) is 12.8 Å². The van der Waals surface area contributed by atoms with Crippen LogP contribution in [0.3, 0.4) is 0 Å². The maximum atomic E-state index is 12.6. The maximum Gasteiger partial charge on any atom is 0.293 e. The van der Waals surface area contributed by atoms with Gasteiger partial charge in [-0.3, -0.25) is 4.79 Å². The van der Waals surface area contributed by atoms with E-state index in [1.807, 2.05) is 10.8 Å². The lowest BCUT2D eigenvalue weighted by Crippen LogP contribution is -2.48. The van der Waals surface area contributed by atoms with Gasteiger partial charge in [-0.1, -0.05) is 0 Å². The summed E-state index contributed by atoms with van der Waals surface area (Å²) in [6.07, 6.45) is 8.35. The Bertz CT molecular complexity index is 536. The smallest absolute Gasteiger partial charge is 0.293 e. The van der Waals surface area contributed by atoms with Gasteiger partial charge in [0.1, 0.15) is 0 Å². The van der Waals surface area contributed by atoms with Crippen LogP contribution < -0.4 is 15.8 Å². The van der Waals surface area contributed by atoms with Gasteiger partial charge in [0.25, 0.3) is 5.56 Å².